The van der Waals surface area contributed by atoms with E-state index in [4.69, 9.17) is 32.7 Å². The highest BCUT2D eigenvalue weighted by molar-refractivity contribution is 8.00. The zero-order chi connectivity index (χ0) is 23.1. The van der Waals surface area contributed by atoms with Gasteiger partial charge in [0.25, 0.3) is 5.91 Å². The molecule has 3 aromatic carbocycles. The van der Waals surface area contributed by atoms with Crippen LogP contribution in [0.2, 0.25) is 10.0 Å². The van der Waals surface area contributed by atoms with E-state index in [0.717, 1.165) is 4.90 Å². The van der Waals surface area contributed by atoms with Crippen LogP contribution in [0.5, 0.6) is 11.5 Å². The number of rotatable bonds is 8. The molecule has 0 bridgehead atoms. The number of carbonyl (C=O) groups excluding carboxylic acids is 2. The minimum absolute atomic E-state index is 0.178. The van der Waals surface area contributed by atoms with Crippen LogP contribution in [0.4, 0.5) is 11.4 Å². The van der Waals surface area contributed by atoms with Crippen molar-refractivity contribution < 1.29 is 19.1 Å². The fourth-order valence-electron chi connectivity index (χ4n) is 2.82. The van der Waals surface area contributed by atoms with Gasteiger partial charge in [-0.3, -0.25) is 9.59 Å². The predicted octanol–water partition coefficient (Wildman–Crippen LogP) is 5.99. The van der Waals surface area contributed by atoms with Gasteiger partial charge in [0, 0.05) is 31.9 Å². The summed E-state index contributed by atoms with van der Waals surface area (Å²) >= 11 is 13.2. The second-order valence-electron chi connectivity index (χ2n) is 6.55. The van der Waals surface area contributed by atoms with Crippen molar-refractivity contribution in [3.8, 4) is 11.5 Å². The van der Waals surface area contributed by atoms with Crippen LogP contribution in [0.15, 0.2) is 65.6 Å². The van der Waals surface area contributed by atoms with E-state index in [0.29, 0.717) is 38.5 Å². The molecule has 0 fully saturated rings. The van der Waals surface area contributed by atoms with Gasteiger partial charge >= 0.3 is 0 Å². The molecule has 0 spiro atoms. The summed E-state index contributed by atoms with van der Waals surface area (Å²) in [4.78, 5) is 25.7. The minimum Gasteiger partial charge on any atom is -0.493 e. The summed E-state index contributed by atoms with van der Waals surface area (Å²) in [7, 11) is 3.04. The third-order valence-corrected chi connectivity index (χ3v) is 5.68. The number of ether oxygens (including phenoxy) is 2. The maximum absolute atomic E-state index is 12.6. The van der Waals surface area contributed by atoms with E-state index in [1.165, 1.54) is 26.0 Å². The lowest BCUT2D eigenvalue weighted by molar-refractivity contribution is -0.113. The Balaban J connectivity index is 1.60. The molecular weight excluding hydrogens is 471 g/mol. The number of nitrogens with one attached hydrogen (secondary N) is 2. The Morgan fingerprint density at radius 3 is 2.25 bits per heavy atom. The molecule has 6 nitrogen and oxygen atoms in total. The third-order valence-electron chi connectivity index (χ3n) is 4.25. The number of amides is 2. The van der Waals surface area contributed by atoms with Crippen LogP contribution in [0.1, 0.15) is 10.4 Å². The van der Waals surface area contributed by atoms with Crippen molar-refractivity contribution in [3.05, 3.63) is 76.3 Å². The fraction of sp³-hybridized carbons (Fsp3) is 0.130. The zero-order valence-electron chi connectivity index (χ0n) is 17.3. The predicted molar refractivity (Wildman–Crippen MR) is 130 cm³/mol. The topological polar surface area (TPSA) is 76.7 Å². The molecule has 3 aromatic rings. The summed E-state index contributed by atoms with van der Waals surface area (Å²) in [6.07, 6.45) is 0. The summed E-state index contributed by atoms with van der Waals surface area (Å²) in [5.41, 5.74) is 1.57. The Kier molecular flexibility index (Phi) is 8.27. The van der Waals surface area contributed by atoms with E-state index in [1.54, 1.807) is 54.6 Å². The second kappa shape index (κ2) is 11.1. The van der Waals surface area contributed by atoms with Gasteiger partial charge < -0.3 is 20.1 Å². The van der Waals surface area contributed by atoms with Crippen LogP contribution in [-0.2, 0) is 4.79 Å². The third kappa shape index (κ3) is 6.56. The number of halogens is 2. The van der Waals surface area contributed by atoms with Gasteiger partial charge in [0.2, 0.25) is 5.91 Å². The molecular formula is C23H20Cl2N2O4S. The van der Waals surface area contributed by atoms with E-state index < -0.39 is 0 Å². The average Bonchev–Trinajstić information content (AvgIpc) is 2.76. The molecule has 0 unspecified atom stereocenters. The fourth-order valence-corrected chi connectivity index (χ4v) is 4.10. The van der Waals surface area contributed by atoms with E-state index in [-0.39, 0.29) is 17.6 Å². The number of thioether (sulfide) groups is 1. The number of hydrogen-bond donors (Lipinski definition) is 2. The first-order valence-electron chi connectivity index (χ1n) is 9.40. The molecule has 0 aromatic heterocycles. The Labute approximate surface area is 200 Å². The Morgan fingerprint density at radius 2 is 1.56 bits per heavy atom. The van der Waals surface area contributed by atoms with E-state index >= 15 is 0 Å². The van der Waals surface area contributed by atoms with Gasteiger partial charge in [-0.25, -0.2) is 0 Å². The van der Waals surface area contributed by atoms with Gasteiger partial charge in [0.1, 0.15) is 0 Å². The van der Waals surface area contributed by atoms with Crippen molar-refractivity contribution in [2.24, 2.45) is 0 Å². The molecule has 0 atom stereocenters. The Bertz CT molecular complexity index is 1120. The molecule has 0 aliphatic carbocycles. The van der Waals surface area contributed by atoms with Crippen molar-refractivity contribution in [1.82, 2.24) is 0 Å². The van der Waals surface area contributed by atoms with Crippen molar-refractivity contribution >= 4 is 58.2 Å². The minimum atomic E-state index is -0.288. The van der Waals surface area contributed by atoms with E-state index in [9.17, 15) is 9.59 Å². The Morgan fingerprint density at radius 1 is 0.844 bits per heavy atom. The lowest BCUT2D eigenvalue weighted by atomic mass is 10.2. The molecule has 2 N–H and O–H groups in total. The zero-order valence-corrected chi connectivity index (χ0v) is 19.6. The standard InChI is InChI=1S/C23H20Cl2N2O4S/c1-30-20-7-6-14(8-21(20)31-2)23(29)27-17-4-3-5-19(12-17)32-13-22(28)26-18-10-15(24)9-16(25)11-18/h3-12H,13H2,1-2H3,(H,26,28)(H,27,29). The van der Waals surface area contributed by atoms with Crippen LogP contribution in [0.3, 0.4) is 0 Å². The normalized spacial score (nSPS) is 10.4. The largest absolute Gasteiger partial charge is 0.493 e. The molecule has 32 heavy (non-hydrogen) atoms. The molecule has 0 heterocycles. The van der Waals surface area contributed by atoms with Crippen LogP contribution >= 0.6 is 35.0 Å². The summed E-state index contributed by atoms with van der Waals surface area (Å²) in [5, 5.41) is 6.50. The highest BCUT2D eigenvalue weighted by Crippen LogP contribution is 2.28. The van der Waals surface area contributed by atoms with Gasteiger partial charge in [-0.2, -0.15) is 0 Å². The van der Waals surface area contributed by atoms with E-state index in [1.807, 2.05) is 6.07 Å². The number of anilines is 2. The van der Waals surface area contributed by atoms with E-state index in [2.05, 4.69) is 10.6 Å². The second-order valence-corrected chi connectivity index (χ2v) is 8.47. The maximum Gasteiger partial charge on any atom is 0.255 e. The molecule has 0 saturated heterocycles. The number of carbonyl (C=O) groups is 2. The van der Waals surface area contributed by atoms with Gasteiger partial charge in [-0.1, -0.05) is 29.3 Å². The van der Waals surface area contributed by atoms with Crippen LogP contribution in [-0.4, -0.2) is 31.8 Å². The molecule has 0 radical (unpaired) electrons. The highest BCUT2D eigenvalue weighted by atomic mass is 35.5. The van der Waals surface area contributed by atoms with Crippen molar-refractivity contribution in [2.45, 2.75) is 4.90 Å². The number of hydrogen-bond acceptors (Lipinski definition) is 5. The lowest BCUT2D eigenvalue weighted by Gasteiger charge is -2.11. The first-order valence-corrected chi connectivity index (χ1v) is 11.1. The number of benzene rings is 3. The summed E-state index contributed by atoms with van der Waals surface area (Å²) < 4.78 is 10.4. The van der Waals surface area contributed by atoms with Crippen LogP contribution in [0.25, 0.3) is 0 Å². The summed E-state index contributed by atoms with van der Waals surface area (Å²) in [6, 6.07) is 17.0. The van der Waals surface area contributed by atoms with Gasteiger partial charge in [0.15, 0.2) is 11.5 Å². The van der Waals surface area contributed by atoms with Crippen molar-refractivity contribution in [1.29, 1.82) is 0 Å². The summed E-state index contributed by atoms with van der Waals surface area (Å²) in [5.74, 6) is 0.700. The molecule has 9 heteroatoms. The van der Waals surface area contributed by atoms with Gasteiger partial charge in [-0.05, 0) is 54.6 Å². The average molecular weight is 491 g/mol. The van der Waals surface area contributed by atoms with Crippen LogP contribution < -0.4 is 20.1 Å². The molecule has 3 rings (SSSR count). The number of methoxy groups -OCH3 is 2. The van der Waals surface area contributed by atoms with Gasteiger partial charge in [-0.15, -0.1) is 11.8 Å². The molecule has 0 aliphatic rings. The maximum atomic E-state index is 12.6. The van der Waals surface area contributed by atoms with Crippen molar-refractivity contribution in [3.63, 3.8) is 0 Å². The smallest absolute Gasteiger partial charge is 0.255 e. The first kappa shape index (κ1) is 23.8. The lowest BCUT2D eigenvalue weighted by Crippen LogP contribution is -2.14. The quantitative estimate of drug-likeness (QED) is 0.379. The first-order chi connectivity index (χ1) is 15.4. The SMILES string of the molecule is COc1ccc(C(=O)Nc2cccc(SCC(=O)Nc3cc(Cl)cc(Cl)c3)c2)cc1OC. The Hall–Kier alpha value is -2.87. The molecule has 2 amide bonds. The monoisotopic (exact) mass is 490 g/mol. The molecule has 166 valence electrons. The van der Waals surface area contributed by atoms with Crippen molar-refractivity contribution in [2.75, 3.05) is 30.6 Å². The molecule has 0 aliphatic heterocycles. The van der Waals surface area contributed by atoms with Gasteiger partial charge in [0.05, 0.1) is 20.0 Å². The highest BCUT2D eigenvalue weighted by Gasteiger charge is 2.12. The summed E-state index contributed by atoms with van der Waals surface area (Å²) in [6.45, 7) is 0. The van der Waals surface area contributed by atoms with Crippen LogP contribution in [0, 0.1) is 0 Å². The molecule has 0 saturated carbocycles.